The first kappa shape index (κ1) is 13.7. The molecular weight excluding hydrogens is 264 g/mol. The second-order valence-corrected chi connectivity index (χ2v) is 5.69. The Hall–Kier alpha value is -2.23. The van der Waals surface area contributed by atoms with E-state index >= 15 is 0 Å². The number of carboxylic acid groups (broad SMARTS) is 1. The highest BCUT2D eigenvalue weighted by molar-refractivity contribution is 5.85. The number of carboxylic acids is 1. The van der Waals surface area contributed by atoms with Gasteiger partial charge in [-0.1, -0.05) is 43.2 Å². The molecule has 0 spiro atoms. The molecule has 4 heteroatoms. The lowest BCUT2D eigenvalue weighted by molar-refractivity contribution is 0.0689. The third kappa shape index (κ3) is 2.79. The lowest BCUT2D eigenvalue weighted by Gasteiger charge is -2.29. The van der Waals surface area contributed by atoms with Crippen LogP contribution < -0.4 is 0 Å². The number of aromatic nitrogens is 2. The van der Waals surface area contributed by atoms with Gasteiger partial charge in [0.2, 0.25) is 0 Å². The minimum Gasteiger partial charge on any atom is -0.477 e. The van der Waals surface area contributed by atoms with Crippen LogP contribution in [0.3, 0.4) is 0 Å². The van der Waals surface area contributed by atoms with E-state index in [1.165, 1.54) is 24.5 Å². The summed E-state index contributed by atoms with van der Waals surface area (Å²) in [5.41, 5.74) is 1.44. The van der Waals surface area contributed by atoms with Crippen LogP contribution in [0.1, 0.15) is 47.6 Å². The van der Waals surface area contributed by atoms with Crippen LogP contribution >= 0.6 is 0 Å². The number of hydrogen-bond acceptors (Lipinski definition) is 3. The molecule has 0 aliphatic heterocycles. The van der Waals surface area contributed by atoms with Crippen LogP contribution in [-0.2, 0) is 11.8 Å². The summed E-state index contributed by atoms with van der Waals surface area (Å²) in [4.78, 5) is 19.5. The number of benzene rings is 1. The Bertz CT molecular complexity index is 634. The van der Waals surface area contributed by atoms with Gasteiger partial charge in [0.25, 0.3) is 0 Å². The predicted octanol–water partition coefficient (Wildman–Crippen LogP) is 3.23. The molecule has 0 bridgehead atoms. The lowest BCUT2D eigenvalue weighted by Crippen LogP contribution is -2.26. The fourth-order valence-corrected chi connectivity index (χ4v) is 3.32. The smallest absolute Gasteiger partial charge is 0.354 e. The highest BCUT2D eigenvalue weighted by atomic mass is 16.4. The average molecular weight is 282 g/mol. The van der Waals surface area contributed by atoms with Crippen molar-refractivity contribution >= 4 is 5.97 Å². The molecule has 4 nitrogen and oxygen atoms in total. The normalized spacial score (nSPS) is 16.8. The monoisotopic (exact) mass is 282 g/mol. The molecule has 0 saturated heterocycles. The molecule has 3 rings (SSSR count). The van der Waals surface area contributed by atoms with E-state index in [1.54, 1.807) is 6.20 Å². The average Bonchev–Trinajstić information content (AvgIpc) is 2.98. The van der Waals surface area contributed by atoms with E-state index in [2.05, 4.69) is 34.2 Å². The highest BCUT2D eigenvalue weighted by Gasteiger charge is 2.36. The van der Waals surface area contributed by atoms with E-state index in [9.17, 15) is 4.79 Å². The number of carbonyl (C=O) groups is 1. The summed E-state index contributed by atoms with van der Waals surface area (Å²) in [6, 6.07) is 11.9. The Morgan fingerprint density at radius 2 is 1.86 bits per heavy atom. The van der Waals surface area contributed by atoms with E-state index in [1.807, 2.05) is 6.07 Å². The van der Waals surface area contributed by atoms with Gasteiger partial charge in [0.05, 0.1) is 0 Å². The molecule has 1 N–H and O–H groups in total. The van der Waals surface area contributed by atoms with E-state index in [0.29, 0.717) is 12.2 Å². The van der Waals surface area contributed by atoms with Gasteiger partial charge >= 0.3 is 5.97 Å². The molecule has 1 aromatic heterocycles. The van der Waals surface area contributed by atoms with Gasteiger partial charge in [0.15, 0.2) is 5.69 Å². The van der Waals surface area contributed by atoms with Gasteiger partial charge in [-0.15, -0.1) is 0 Å². The summed E-state index contributed by atoms with van der Waals surface area (Å²) in [5, 5.41) is 9.06. The Morgan fingerprint density at radius 3 is 2.52 bits per heavy atom. The van der Waals surface area contributed by atoms with Gasteiger partial charge in [-0.05, 0) is 24.5 Å². The summed E-state index contributed by atoms with van der Waals surface area (Å²) in [6.45, 7) is 0. The van der Waals surface area contributed by atoms with Crippen molar-refractivity contribution in [1.29, 1.82) is 0 Å². The van der Waals surface area contributed by atoms with E-state index in [0.717, 1.165) is 12.8 Å². The summed E-state index contributed by atoms with van der Waals surface area (Å²) in [6.07, 6.45) is 6.87. The molecule has 1 saturated carbocycles. The Morgan fingerprint density at radius 1 is 1.14 bits per heavy atom. The van der Waals surface area contributed by atoms with Crippen LogP contribution in [0.4, 0.5) is 0 Å². The molecule has 1 fully saturated rings. The number of aromatic carboxylic acids is 1. The Kier molecular flexibility index (Phi) is 3.69. The van der Waals surface area contributed by atoms with Gasteiger partial charge in [-0.2, -0.15) is 0 Å². The molecule has 21 heavy (non-hydrogen) atoms. The zero-order valence-electron chi connectivity index (χ0n) is 11.8. The van der Waals surface area contributed by atoms with Crippen LogP contribution in [0.5, 0.6) is 0 Å². The predicted molar refractivity (Wildman–Crippen MR) is 79.3 cm³/mol. The maximum atomic E-state index is 11.0. The van der Waals surface area contributed by atoms with Crippen molar-refractivity contribution < 1.29 is 9.90 Å². The summed E-state index contributed by atoms with van der Waals surface area (Å²) in [7, 11) is 0. The first-order valence-corrected chi connectivity index (χ1v) is 7.30. The molecule has 0 radical (unpaired) electrons. The lowest BCUT2D eigenvalue weighted by atomic mass is 9.76. The van der Waals surface area contributed by atoms with E-state index in [-0.39, 0.29) is 11.1 Å². The van der Waals surface area contributed by atoms with Crippen LogP contribution in [0.25, 0.3) is 0 Å². The van der Waals surface area contributed by atoms with Gasteiger partial charge in [0, 0.05) is 18.0 Å². The Labute approximate surface area is 123 Å². The largest absolute Gasteiger partial charge is 0.477 e. The second kappa shape index (κ2) is 5.64. The molecule has 1 heterocycles. The van der Waals surface area contributed by atoms with Crippen molar-refractivity contribution in [3.8, 4) is 0 Å². The van der Waals surface area contributed by atoms with Gasteiger partial charge in [-0.3, -0.25) is 0 Å². The fraction of sp³-hybridized carbons (Fsp3) is 0.353. The van der Waals surface area contributed by atoms with Gasteiger partial charge in [-0.25, -0.2) is 14.8 Å². The maximum absolute atomic E-state index is 11.0. The highest BCUT2D eigenvalue weighted by Crippen LogP contribution is 2.43. The van der Waals surface area contributed by atoms with Crippen molar-refractivity contribution in [2.45, 2.75) is 37.5 Å². The van der Waals surface area contributed by atoms with Crippen molar-refractivity contribution in [1.82, 2.24) is 9.97 Å². The van der Waals surface area contributed by atoms with Gasteiger partial charge < -0.3 is 5.11 Å². The topological polar surface area (TPSA) is 63.1 Å². The molecule has 2 aromatic rings. The SMILES string of the molecule is O=C(O)c1ccnc(CC2(c3ccccc3)CCCC2)n1. The molecule has 0 unspecified atom stereocenters. The first-order valence-electron chi connectivity index (χ1n) is 7.30. The third-order valence-electron chi connectivity index (χ3n) is 4.37. The number of nitrogens with zero attached hydrogens (tertiary/aromatic N) is 2. The zero-order chi connectivity index (χ0) is 14.7. The summed E-state index contributed by atoms with van der Waals surface area (Å²) >= 11 is 0. The van der Waals surface area contributed by atoms with Crippen LogP contribution in [0, 0.1) is 0 Å². The summed E-state index contributed by atoms with van der Waals surface area (Å²) < 4.78 is 0. The number of rotatable bonds is 4. The molecule has 108 valence electrons. The first-order chi connectivity index (χ1) is 10.2. The second-order valence-electron chi connectivity index (χ2n) is 5.69. The molecule has 1 aliphatic rings. The van der Waals surface area contributed by atoms with Crippen molar-refractivity contribution in [2.75, 3.05) is 0 Å². The quantitative estimate of drug-likeness (QED) is 0.935. The van der Waals surface area contributed by atoms with Crippen molar-refractivity contribution in [3.63, 3.8) is 0 Å². The molecular formula is C17H18N2O2. The molecule has 0 amide bonds. The maximum Gasteiger partial charge on any atom is 0.354 e. The molecule has 1 aromatic carbocycles. The van der Waals surface area contributed by atoms with E-state index in [4.69, 9.17) is 5.11 Å². The third-order valence-corrected chi connectivity index (χ3v) is 4.37. The minimum atomic E-state index is -1.00. The van der Waals surface area contributed by atoms with Gasteiger partial charge in [0.1, 0.15) is 5.82 Å². The molecule has 0 atom stereocenters. The van der Waals surface area contributed by atoms with Crippen LogP contribution in [0.2, 0.25) is 0 Å². The minimum absolute atomic E-state index is 0.0540. The fourth-order valence-electron chi connectivity index (χ4n) is 3.32. The standard InChI is InChI=1S/C17H18N2O2/c20-16(21)14-8-11-18-15(19-14)12-17(9-4-5-10-17)13-6-2-1-3-7-13/h1-3,6-8,11H,4-5,9-10,12H2,(H,20,21). The zero-order valence-corrected chi connectivity index (χ0v) is 11.8. The van der Waals surface area contributed by atoms with Crippen molar-refractivity contribution in [2.24, 2.45) is 0 Å². The van der Waals surface area contributed by atoms with E-state index < -0.39 is 5.97 Å². The Balaban J connectivity index is 1.93. The van der Waals surface area contributed by atoms with Crippen molar-refractivity contribution in [3.05, 3.63) is 59.7 Å². The van der Waals surface area contributed by atoms with Crippen LogP contribution in [-0.4, -0.2) is 21.0 Å². The van der Waals surface area contributed by atoms with Crippen LogP contribution in [0.15, 0.2) is 42.6 Å². The summed E-state index contributed by atoms with van der Waals surface area (Å²) in [5.74, 6) is -0.375. The molecule has 1 aliphatic carbocycles. The number of hydrogen-bond donors (Lipinski definition) is 1.